The van der Waals surface area contributed by atoms with Crippen LogP contribution in [0.4, 0.5) is 0 Å². The van der Waals surface area contributed by atoms with Gasteiger partial charge in [0.25, 0.3) is 0 Å². The lowest BCUT2D eigenvalue weighted by atomic mass is 10.2. The lowest BCUT2D eigenvalue weighted by Crippen LogP contribution is -2.18. The van der Waals surface area contributed by atoms with Gasteiger partial charge in [-0.15, -0.1) is 0 Å². The fraction of sp³-hybridized carbons (Fsp3) is 0.571. The molecule has 5 nitrogen and oxygen atoms in total. The number of hydrogen-bond donors (Lipinski definition) is 1. The molecule has 0 radical (unpaired) electrons. The van der Waals surface area contributed by atoms with E-state index in [1.165, 1.54) is 0 Å². The van der Waals surface area contributed by atoms with Crippen LogP contribution in [0, 0.1) is 0 Å². The van der Waals surface area contributed by atoms with Crippen LogP contribution in [-0.4, -0.2) is 39.7 Å². The molecule has 0 aliphatic carbocycles. The Labute approximate surface area is 134 Å². The molecule has 7 heteroatoms. The highest BCUT2D eigenvalue weighted by Crippen LogP contribution is 2.38. The van der Waals surface area contributed by atoms with Gasteiger partial charge < -0.3 is 14.8 Å². The number of rotatable bonds is 6. The van der Waals surface area contributed by atoms with Crippen molar-refractivity contribution in [3.63, 3.8) is 0 Å². The molecule has 1 aromatic carbocycles. The highest BCUT2D eigenvalue weighted by molar-refractivity contribution is 9.10. The maximum atomic E-state index is 11.5. The second-order valence-electron chi connectivity index (χ2n) is 5.01. The Hall–Kier alpha value is -0.790. The monoisotopic (exact) mass is 377 g/mol. The minimum absolute atomic E-state index is 0.0727. The van der Waals surface area contributed by atoms with Crippen LogP contribution in [0.5, 0.6) is 11.5 Å². The van der Waals surface area contributed by atoms with E-state index in [2.05, 4.69) is 21.2 Å². The molecule has 1 aromatic rings. The number of ether oxygens (including phenoxy) is 2. The summed E-state index contributed by atoms with van der Waals surface area (Å²) in [5.41, 5.74) is 1.07. The van der Waals surface area contributed by atoms with Gasteiger partial charge in [-0.2, -0.15) is 0 Å². The first-order chi connectivity index (χ1) is 9.95. The molecule has 1 saturated heterocycles. The normalized spacial score (nSPS) is 20.4. The molecule has 0 bridgehead atoms. The van der Waals surface area contributed by atoms with Crippen LogP contribution < -0.4 is 14.8 Å². The van der Waals surface area contributed by atoms with E-state index in [1.54, 1.807) is 0 Å². The predicted molar refractivity (Wildman–Crippen MR) is 85.8 cm³/mol. The van der Waals surface area contributed by atoms with Gasteiger partial charge in [0.1, 0.15) is 6.10 Å². The average Bonchev–Trinajstić information content (AvgIpc) is 2.74. The highest BCUT2D eigenvalue weighted by atomic mass is 79.9. The van der Waals surface area contributed by atoms with Gasteiger partial charge in [0.05, 0.1) is 22.6 Å². The van der Waals surface area contributed by atoms with Crippen molar-refractivity contribution >= 4 is 25.8 Å². The molecule has 1 heterocycles. The third-order valence-corrected chi connectivity index (χ3v) is 5.55. The molecule has 2 rings (SSSR count). The Bertz CT molecular complexity index is 603. The summed E-state index contributed by atoms with van der Waals surface area (Å²) in [7, 11) is -1.08. The Morgan fingerprint density at radius 3 is 2.76 bits per heavy atom. The second-order valence-corrected chi connectivity index (χ2v) is 8.09. The molecule has 0 aromatic heterocycles. The molecule has 1 N–H and O–H groups in total. The van der Waals surface area contributed by atoms with Crippen molar-refractivity contribution < 1.29 is 17.9 Å². The van der Waals surface area contributed by atoms with Crippen LogP contribution in [0.1, 0.15) is 18.9 Å². The molecule has 1 atom stereocenters. The molecule has 1 unspecified atom stereocenters. The van der Waals surface area contributed by atoms with Crippen LogP contribution in [0.25, 0.3) is 0 Å². The van der Waals surface area contributed by atoms with E-state index in [0.29, 0.717) is 24.5 Å². The van der Waals surface area contributed by atoms with Gasteiger partial charge in [-0.25, -0.2) is 8.42 Å². The van der Waals surface area contributed by atoms with Crippen molar-refractivity contribution in [2.24, 2.45) is 0 Å². The maximum Gasteiger partial charge on any atom is 0.175 e. The SMILES string of the molecule is CCOc1cc(CNC)cc(Br)c1OC1CCS(=O)(=O)C1. The van der Waals surface area contributed by atoms with Crippen LogP contribution in [0.3, 0.4) is 0 Å². The van der Waals surface area contributed by atoms with Crippen LogP contribution in [0.2, 0.25) is 0 Å². The van der Waals surface area contributed by atoms with E-state index < -0.39 is 9.84 Å². The minimum Gasteiger partial charge on any atom is -0.490 e. The van der Waals surface area contributed by atoms with Crippen molar-refractivity contribution in [1.82, 2.24) is 5.32 Å². The van der Waals surface area contributed by atoms with E-state index in [1.807, 2.05) is 26.1 Å². The van der Waals surface area contributed by atoms with E-state index in [-0.39, 0.29) is 17.6 Å². The Kier molecular flexibility index (Phi) is 5.51. The minimum atomic E-state index is -2.96. The molecule has 1 fully saturated rings. The van der Waals surface area contributed by atoms with Gasteiger partial charge in [-0.1, -0.05) is 0 Å². The zero-order valence-corrected chi connectivity index (χ0v) is 14.6. The molecule has 21 heavy (non-hydrogen) atoms. The van der Waals surface area contributed by atoms with Gasteiger partial charge in [0.2, 0.25) is 0 Å². The Balaban J connectivity index is 2.25. The van der Waals surface area contributed by atoms with E-state index in [9.17, 15) is 8.42 Å². The molecular formula is C14H20BrNO4S. The van der Waals surface area contributed by atoms with E-state index in [0.717, 1.165) is 16.6 Å². The third-order valence-electron chi connectivity index (χ3n) is 3.23. The number of halogens is 1. The topological polar surface area (TPSA) is 64.6 Å². The van der Waals surface area contributed by atoms with E-state index in [4.69, 9.17) is 9.47 Å². The number of nitrogens with one attached hydrogen (secondary N) is 1. The predicted octanol–water partition coefficient (Wildman–Crippen LogP) is 2.13. The summed E-state index contributed by atoms with van der Waals surface area (Å²) in [5.74, 6) is 1.49. The van der Waals surface area contributed by atoms with Gasteiger partial charge in [-0.3, -0.25) is 0 Å². The lowest BCUT2D eigenvalue weighted by molar-refractivity contribution is 0.211. The van der Waals surface area contributed by atoms with Crippen molar-refractivity contribution in [3.05, 3.63) is 22.2 Å². The Morgan fingerprint density at radius 1 is 1.43 bits per heavy atom. The molecule has 118 valence electrons. The summed E-state index contributed by atoms with van der Waals surface area (Å²) in [6.07, 6.45) is 0.221. The zero-order valence-electron chi connectivity index (χ0n) is 12.2. The maximum absolute atomic E-state index is 11.5. The summed E-state index contributed by atoms with van der Waals surface area (Å²) in [6, 6.07) is 3.88. The second kappa shape index (κ2) is 6.98. The van der Waals surface area contributed by atoms with Gasteiger partial charge in [0, 0.05) is 6.54 Å². The Morgan fingerprint density at radius 2 is 2.19 bits per heavy atom. The number of sulfone groups is 1. The first-order valence-electron chi connectivity index (χ1n) is 6.92. The van der Waals surface area contributed by atoms with Crippen LogP contribution >= 0.6 is 15.9 Å². The standard InChI is InChI=1S/C14H20BrNO4S/c1-3-19-13-7-10(8-16-2)6-12(15)14(13)20-11-4-5-21(17,18)9-11/h6-7,11,16H,3-5,8-9H2,1-2H3. The zero-order chi connectivity index (χ0) is 15.5. The molecule has 1 aliphatic heterocycles. The quantitative estimate of drug-likeness (QED) is 0.822. The van der Waals surface area contributed by atoms with Gasteiger partial charge in [-0.05, 0) is 54.0 Å². The smallest absolute Gasteiger partial charge is 0.175 e. The van der Waals surface area contributed by atoms with Crippen molar-refractivity contribution in [2.45, 2.75) is 26.0 Å². The summed E-state index contributed by atoms with van der Waals surface area (Å²) in [5, 5.41) is 3.09. The molecule has 0 amide bonds. The van der Waals surface area contributed by atoms with Crippen molar-refractivity contribution in [1.29, 1.82) is 0 Å². The fourth-order valence-electron chi connectivity index (χ4n) is 2.33. The molecule has 1 aliphatic rings. The van der Waals surface area contributed by atoms with E-state index >= 15 is 0 Å². The fourth-order valence-corrected chi connectivity index (χ4v) is 4.50. The first-order valence-corrected chi connectivity index (χ1v) is 9.53. The van der Waals surface area contributed by atoms with Crippen LogP contribution in [0.15, 0.2) is 16.6 Å². The number of benzene rings is 1. The highest BCUT2D eigenvalue weighted by Gasteiger charge is 2.30. The van der Waals surface area contributed by atoms with Crippen LogP contribution in [-0.2, 0) is 16.4 Å². The molecular weight excluding hydrogens is 358 g/mol. The van der Waals surface area contributed by atoms with Gasteiger partial charge in [0.15, 0.2) is 21.3 Å². The largest absolute Gasteiger partial charge is 0.490 e. The summed E-state index contributed by atoms with van der Waals surface area (Å²) >= 11 is 3.49. The number of hydrogen-bond acceptors (Lipinski definition) is 5. The van der Waals surface area contributed by atoms with Gasteiger partial charge >= 0.3 is 0 Å². The summed E-state index contributed by atoms with van der Waals surface area (Å²) in [6.45, 7) is 3.15. The molecule has 0 saturated carbocycles. The van der Waals surface area contributed by atoms with Crippen molar-refractivity contribution in [3.8, 4) is 11.5 Å². The average molecular weight is 378 g/mol. The summed E-state index contributed by atoms with van der Waals surface area (Å²) in [4.78, 5) is 0. The lowest BCUT2D eigenvalue weighted by Gasteiger charge is -2.18. The first kappa shape index (κ1) is 16.6. The molecule has 0 spiro atoms. The third kappa shape index (κ3) is 4.34. The van der Waals surface area contributed by atoms with Crippen molar-refractivity contribution in [2.75, 3.05) is 25.2 Å². The summed E-state index contributed by atoms with van der Waals surface area (Å²) < 4.78 is 35.4.